The van der Waals surface area contributed by atoms with E-state index in [2.05, 4.69) is 25.8 Å². The molecule has 8 heteroatoms. The van der Waals surface area contributed by atoms with Gasteiger partial charge in [0.05, 0.1) is 5.69 Å². The Kier molecular flexibility index (Phi) is 4.51. The normalized spacial score (nSPS) is 15.2. The molecule has 3 aromatic rings. The highest BCUT2D eigenvalue weighted by Crippen LogP contribution is 2.30. The van der Waals surface area contributed by atoms with E-state index < -0.39 is 6.04 Å². The Morgan fingerprint density at radius 1 is 1.16 bits per heavy atom. The lowest BCUT2D eigenvalue weighted by Crippen LogP contribution is -2.27. The predicted octanol–water partition coefficient (Wildman–Crippen LogP) is 2.63. The first-order chi connectivity index (χ1) is 12.3. The molecule has 0 bridgehead atoms. The van der Waals surface area contributed by atoms with Gasteiger partial charge in [-0.1, -0.05) is 36.8 Å². The number of carbonyl (C=O) groups is 1. The summed E-state index contributed by atoms with van der Waals surface area (Å²) in [7, 11) is 0. The minimum absolute atomic E-state index is 0.192. The lowest BCUT2D eigenvalue weighted by atomic mass is 10.1. The summed E-state index contributed by atoms with van der Waals surface area (Å²) >= 11 is 1.58. The zero-order valence-corrected chi connectivity index (χ0v) is 14.4. The molecule has 4 rings (SSSR count). The van der Waals surface area contributed by atoms with Crippen LogP contribution in [0.1, 0.15) is 41.4 Å². The smallest absolute Gasteiger partial charge is 0.255 e. The molecular formula is C17H18N6OS. The summed E-state index contributed by atoms with van der Waals surface area (Å²) < 4.78 is 1.46. The van der Waals surface area contributed by atoms with Crippen LogP contribution in [0.3, 0.4) is 0 Å². The quantitative estimate of drug-likeness (QED) is 0.728. The van der Waals surface area contributed by atoms with Crippen molar-refractivity contribution in [2.45, 2.75) is 38.1 Å². The molecule has 2 heterocycles. The number of amides is 1. The maximum Gasteiger partial charge on any atom is 0.255 e. The number of benzene rings is 1. The highest BCUT2D eigenvalue weighted by atomic mass is 32.1. The number of rotatable bonds is 4. The summed E-state index contributed by atoms with van der Waals surface area (Å²) in [6.45, 7) is 0. The summed E-state index contributed by atoms with van der Waals surface area (Å²) in [5.74, 6) is -0.192. The van der Waals surface area contributed by atoms with Crippen LogP contribution in [0.4, 0.5) is 5.13 Å². The van der Waals surface area contributed by atoms with Crippen molar-refractivity contribution in [2.24, 2.45) is 0 Å². The number of nitrogens with one attached hydrogen (secondary N) is 1. The van der Waals surface area contributed by atoms with Crippen molar-refractivity contribution in [3.63, 3.8) is 0 Å². The van der Waals surface area contributed by atoms with E-state index in [-0.39, 0.29) is 5.91 Å². The van der Waals surface area contributed by atoms with Crippen LogP contribution in [-0.4, -0.2) is 31.1 Å². The summed E-state index contributed by atoms with van der Waals surface area (Å²) in [6, 6.07) is 8.86. The van der Waals surface area contributed by atoms with Crippen molar-refractivity contribution >= 4 is 22.4 Å². The van der Waals surface area contributed by atoms with Crippen LogP contribution in [0.5, 0.6) is 0 Å². The van der Waals surface area contributed by atoms with Crippen LogP contribution in [0, 0.1) is 0 Å². The van der Waals surface area contributed by atoms with Gasteiger partial charge >= 0.3 is 0 Å². The van der Waals surface area contributed by atoms with Crippen molar-refractivity contribution in [3.05, 3.63) is 52.8 Å². The Bertz CT molecular complexity index is 822. The van der Waals surface area contributed by atoms with Gasteiger partial charge in [0.1, 0.15) is 6.33 Å². The molecule has 1 atom stereocenters. The molecule has 25 heavy (non-hydrogen) atoms. The minimum atomic E-state index is -0.625. The van der Waals surface area contributed by atoms with Gasteiger partial charge < -0.3 is 0 Å². The molecular weight excluding hydrogens is 336 g/mol. The first-order valence-corrected chi connectivity index (χ1v) is 9.20. The number of carbonyl (C=O) groups excluding carboxylic acids is 1. The van der Waals surface area contributed by atoms with E-state index in [0.29, 0.717) is 5.13 Å². The molecule has 0 aliphatic heterocycles. The summed E-state index contributed by atoms with van der Waals surface area (Å²) in [6.07, 6.45) is 7.12. The molecule has 1 amide bonds. The fraction of sp³-hybridized carbons (Fsp3) is 0.353. The van der Waals surface area contributed by atoms with E-state index >= 15 is 0 Å². The van der Waals surface area contributed by atoms with E-state index in [1.807, 2.05) is 30.3 Å². The SMILES string of the molecule is O=C(Nc1nc2c(s1)CCCCC2)[C@@H](c1ccccc1)n1cnnn1. The summed E-state index contributed by atoms with van der Waals surface area (Å²) in [5.41, 5.74) is 1.96. The highest BCUT2D eigenvalue weighted by molar-refractivity contribution is 7.15. The Labute approximate surface area is 149 Å². The molecule has 0 radical (unpaired) electrons. The third-order valence-corrected chi connectivity index (χ3v) is 5.39. The Morgan fingerprint density at radius 3 is 2.80 bits per heavy atom. The number of hydrogen-bond acceptors (Lipinski definition) is 6. The Balaban J connectivity index is 1.59. The fourth-order valence-electron chi connectivity index (χ4n) is 3.10. The average Bonchev–Trinajstić information content (AvgIpc) is 3.22. The summed E-state index contributed by atoms with van der Waals surface area (Å²) in [4.78, 5) is 18.9. The Morgan fingerprint density at radius 2 is 2.00 bits per heavy atom. The molecule has 0 unspecified atom stereocenters. The molecule has 1 N–H and O–H groups in total. The van der Waals surface area contributed by atoms with Gasteiger partial charge in [0, 0.05) is 4.88 Å². The molecule has 0 spiro atoms. The largest absolute Gasteiger partial charge is 0.300 e. The van der Waals surface area contributed by atoms with Gasteiger partial charge in [0.25, 0.3) is 5.91 Å². The maximum absolute atomic E-state index is 12.9. The van der Waals surface area contributed by atoms with Gasteiger partial charge in [0.15, 0.2) is 11.2 Å². The van der Waals surface area contributed by atoms with E-state index in [1.165, 1.54) is 35.1 Å². The number of aromatic nitrogens is 5. The van der Waals surface area contributed by atoms with Crippen LogP contribution < -0.4 is 5.32 Å². The molecule has 2 aromatic heterocycles. The van der Waals surface area contributed by atoms with E-state index in [1.54, 1.807) is 11.3 Å². The van der Waals surface area contributed by atoms with Gasteiger partial charge in [-0.05, 0) is 41.7 Å². The zero-order chi connectivity index (χ0) is 17.1. The summed E-state index contributed by atoms with van der Waals surface area (Å²) in [5, 5.41) is 14.8. The van der Waals surface area contributed by atoms with E-state index in [4.69, 9.17) is 0 Å². The van der Waals surface area contributed by atoms with Crippen LogP contribution in [0.25, 0.3) is 0 Å². The number of hydrogen-bond donors (Lipinski definition) is 1. The van der Waals surface area contributed by atoms with Crippen LogP contribution in [0.2, 0.25) is 0 Å². The van der Waals surface area contributed by atoms with Crippen LogP contribution in [-0.2, 0) is 17.6 Å². The lowest BCUT2D eigenvalue weighted by molar-refractivity contribution is -0.118. The molecule has 1 aliphatic carbocycles. The lowest BCUT2D eigenvalue weighted by Gasteiger charge is -2.15. The van der Waals surface area contributed by atoms with E-state index in [0.717, 1.165) is 24.1 Å². The van der Waals surface area contributed by atoms with Gasteiger partial charge in [0.2, 0.25) is 0 Å². The van der Waals surface area contributed by atoms with Crippen molar-refractivity contribution in [1.82, 2.24) is 25.2 Å². The molecule has 0 saturated heterocycles. The maximum atomic E-state index is 12.9. The van der Waals surface area contributed by atoms with Crippen LogP contribution in [0.15, 0.2) is 36.7 Å². The topological polar surface area (TPSA) is 85.6 Å². The molecule has 128 valence electrons. The van der Waals surface area contributed by atoms with Gasteiger partial charge in [-0.15, -0.1) is 16.4 Å². The second kappa shape index (κ2) is 7.10. The first kappa shape index (κ1) is 15.9. The van der Waals surface area contributed by atoms with Crippen molar-refractivity contribution in [2.75, 3.05) is 5.32 Å². The molecule has 0 fully saturated rings. The van der Waals surface area contributed by atoms with E-state index in [9.17, 15) is 4.79 Å². The minimum Gasteiger partial charge on any atom is -0.300 e. The predicted molar refractivity (Wildman–Crippen MR) is 94.4 cm³/mol. The Hall–Kier alpha value is -2.61. The fourth-order valence-corrected chi connectivity index (χ4v) is 4.16. The van der Waals surface area contributed by atoms with Crippen molar-refractivity contribution in [3.8, 4) is 0 Å². The number of anilines is 1. The molecule has 7 nitrogen and oxygen atoms in total. The second-order valence-electron chi connectivity index (χ2n) is 6.04. The van der Waals surface area contributed by atoms with Crippen LogP contribution >= 0.6 is 11.3 Å². The third-order valence-electron chi connectivity index (χ3n) is 4.32. The number of aryl methyl sites for hydroxylation is 2. The number of fused-ring (bicyclic) bond motifs is 1. The zero-order valence-electron chi connectivity index (χ0n) is 13.6. The van der Waals surface area contributed by atoms with Gasteiger partial charge in [-0.2, -0.15) is 0 Å². The van der Waals surface area contributed by atoms with Gasteiger partial charge in [-0.25, -0.2) is 9.67 Å². The number of nitrogens with zero attached hydrogens (tertiary/aromatic N) is 5. The van der Waals surface area contributed by atoms with Crippen molar-refractivity contribution in [1.29, 1.82) is 0 Å². The number of tetrazole rings is 1. The average molecular weight is 354 g/mol. The second-order valence-corrected chi connectivity index (χ2v) is 7.13. The molecule has 1 aromatic carbocycles. The highest BCUT2D eigenvalue weighted by Gasteiger charge is 2.25. The third kappa shape index (κ3) is 3.43. The molecule has 0 saturated carbocycles. The monoisotopic (exact) mass is 354 g/mol. The number of thiazole rings is 1. The first-order valence-electron chi connectivity index (χ1n) is 8.38. The van der Waals surface area contributed by atoms with Crippen molar-refractivity contribution < 1.29 is 4.79 Å². The standard InChI is InChI=1S/C17H18N6OS/c24-16(20-17-19-13-9-5-2-6-10-14(13)25-17)15(23-11-18-21-22-23)12-7-3-1-4-8-12/h1,3-4,7-8,11,15H,2,5-6,9-10H2,(H,19,20,24)/t15-/m1/s1. The van der Waals surface area contributed by atoms with Gasteiger partial charge in [-0.3, -0.25) is 10.1 Å². The molecule has 1 aliphatic rings.